The summed E-state index contributed by atoms with van der Waals surface area (Å²) in [7, 11) is 0. The molecule has 0 radical (unpaired) electrons. The van der Waals surface area contributed by atoms with Crippen LogP contribution < -0.4 is 14.8 Å². The first-order chi connectivity index (χ1) is 13.8. The van der Waals surface area contributed by atoms with E-state index in [4.69, 9.17) is 9.47 Å². The van der Waals surface area contributed by atoms with Gasteiger partial charge in [-0.15, -0.1) is 0 Å². The number of carbonyl (C=O) groups is 1. The largest absolute Gasteiger partial charge is 0.493 e. The quantitative estimate of drug-likeness (QED) is 0.701. The van der Waals surface area contributed by atoms with Gasteiger partial charge in [-0.2, -0.15) is 0 Å². The third-order valence-electron chi connectivity index (χ3n) is 4.86. The van der Waals surface area contributed by atoms with E-state index in [0.29, 0.717) is 6.61 Å². The summed E-state index contributed by atoms with van der Waals surface area (Å²) in [5.41, 5.74) is 3.30. The predicted molar refractivity (Wildman–Crippen MR) is 109 cm³/mol. The fourth-order valence-corrected chi connectivity index (χ4v) is 3.48. The molecule has 4 heteroatoms. The van der Waals surface area contributed by atoms with Crippen molar-refractivity contribution in [2.45, 2.75) is 18.9 Å². The number of hydrogen-bond donors (Lipinski definition) is 1. The summed E-state index contributed by atoms with van der Waals surface area (Å²) in [4.78, 5) is 12.5. The lowest BCUT2D eigenvalue weighted by atomic mass is 10.0. The summed E-state index contributed by atoms with van der Waals surface area (Å²) < 4.78 is 11.5. The summed E-state index contributed by atoms with van der Waals surface area (Å²) in [5, 5.41) is 3.07. The number of amides is 1. The molecule has 3 aromatic rings. The lowest BCUT2D eigenvalue weighted by molar-refractivity contribution is -0.124. The van der Waals surface area contributed by atoms with Crippen LogP contribution in [0.15, 0.2) is 78.9 Å². The van der Waals surface area contributed by atoms with Crippen molar-refractivity contribution < 1.29 is 14.3 Å². The van der Waals surface area contributed by atoms with Crippen LogP contribution in [0, 0.1) is 0 Å². The molecule has 0 fully saturated rings. The predicted octanol–water partition coefficient (Wildman–Crippen LogP) is 4.30. The van der Waals surface area contributed by atoms with Crippen LogP contribution in [0.1, 0.15) is 29.2 Å². The molecule has 0 saturated heterocycles. The molecule has 0 saturated carbocycles. The van der Waals surface area contributed by atoms with Crippen molar-refractivity contribution in [2.75, 3.05) is 13.2 Å². The van der Waals surface area contributed by atoms with E-state index in [1.54, 1.807) is 0 Å². The van der Waals surface area contributed by atoms with Crippen molar-refractivity contribution in [3.63, 3.8) is 0 Å². The number of rotatable bonds is 6. The van der Waals surface area contributed by atoms with Crippen LogP contribution in [0.25, 0.3) is 0 Å². The van der Waals surface area contributed by atoms with Gasteiger partial charge in [-0.05, 0) is 23.3 Å². The van der Waals surface area contributed by atoms with Crippen molar-refractivity contribution >= 4 is 5.91 Å². The molecular formula is C24H23NO3. The van der Waals surface area contributed by atoms with Gasteiger partial charge in [0.1, 0.15) is 11.5 Å². The molecule has 0 aliphatic carbocycles. The molecule has 1 aliphatic rings. The second-order valence-electron chi connectivity index (χ2n) is 6.85. The van der Waals surface area contributed by atoms with Gasteiger partial charge in [-0.25, -0.2) is 0 Å². The number of hydrogen-bond acceptors (Lipinski definition) is 3. The van der Waals surface area contributed by atoms with Crippen molar-refractivity contribution in [1.29, 1.82) is 0 Å². The molecule has 1 N–H and O–H groups in total. The SMILES string of the molecule is O=C(COc1ccccc1Cc1ccccc1)NC1CCOc2ccccc21. The fourth-order valence-electron chi connectivity index (χ4n) is 3.48. The first kappa shape index (κ1) is 18.1. The molecule has 0 spiro atoms. The zero-order chi connectivity index (χ0) is 19.2. The van der Waals surface area contributed by atoms with Crippen LogP contribution >= 0.6 is 0 Å². The Hall–Kier alpha value is -3.27. The van der Waals surface area contributed by atoms with Gasteiger partial charge in [-0.3, -0.25) is 4.79 Å². The molecule has 3 aromatic carbocycles. The molecule has 1 atom stereocenters. The number of fused-ring (bicyclic) bond motifs is 1. The molecular weight excluding hydrogens is 350 g/mol. The van der Waals surface area contributed by atoms with Crippen molar-refractivity contribution in [1.82, 2.24) is 5.32 Å². The number of carbonyl (C=O) groups excluding carboxylic acids is 1. The lowest BCUT2D eigenvalue weighted by Gasteiger charge is -2.26. The molecule has 0 aromatic heterocycles. The number of ether oxygens (including phenoxy) is 2. The van der Waals surface area contributed by atoms with Gasteiger partial charge in [0.15, 0.2) is 6.61 Å². The average Bonchev–Trinajstić information content (AvgIpc) is 2.74. The second kappa shape index (κ2) is 8.61. The first-order valence-corrected chi connectivity index (χ1v) is 9.55. The van der Waals surface area contributed by atoms with Gasteiger partial charge in [0.2, 0.25) is 0 Å². The average molecular weight is 373 g/mol. The Morgan fingerprint density at radius 2 is 1.71 bits per heavy atom. The Bertz CT molecular complexity index is 939. The van der Waals surface area contributed by atoms with Crippen molar-refractivity contribution in [2.24, 2.45) is 0 Å². The van der Waals surface area contributed by atoms with Crippen LogP contribution in [0.4, 0.5) is 0 Å². The van der Waals surface area contributed by atoms with Crippen LogP contribution in [-0.2, 0) is 11.2 Å². The monoisotopic (exact) mass is 373 g/mol. The second-order valence-corrected chi connectivity index (χ2v) is 6.85. The zero-order valence-corrected chi connectivity index (χ0v) is 15.6. The Labute approximate surface area is 165 Å². The van der Waals surface area contributed by atoms with Gasteiger partial charge in [0.25, 0.3) is 5.91 Å². The van der Waals surface area contributed by atoms with E-state index in [0.717, 1.165) is 35.5 Å². The maximum atomic E-state index is 12.5. The topological polar surface area (TPSA) is 47.6 Å². The van der Waals surface area contributed by atoms with E-state index in [1.807, 2.05) is 66.7 Å². The Morgan fingerprint density at radius 1 is 0.964 bits per heavy atom. The molecule has 4 rings (SSSR count). The lowest BCUT2D eigenvalue weighted by Crippen LogP contribution is -2.35. The van der Waals surface area contributed by atoms with E-state index in [2.05, 4.69) is 17.4 Å². The summed E-state index contributed by atoms with van der Waals surface area (Å²) in [6.07, 6.45) is 1.53. The minimum absolute atomic E-state index is 0.00860. The molecule has 1 amide bonds. The van der Waals surface area contributed by atoms with Crippen molar-refractivity contribution in [3.05, 3.63) is 95.6 Å². The van der Waals surface area contributed by atoms with E-state index in [-0.39, 0.29) is 18.6 Å². The normalized spacial score (nSPS) is 15.2. The summed E-state index contributed by atoms with van der Waals surface area (Å²) >= 11 is 0. The molecule has 1 heterocycles. The maximum absolute atomic E-state index is 12.5. The molecule has 1 unspecified atom stereocenters. The molecule has 28 heavy (non-hydrogen) atoms. The van der Waals surface area contributed by atoms with Crippen LogP contribution in [0.3, 0.4) is 0 Å². The van der Waals surface area contributed by atoms with Crippen LogP contribution in [0.5, 0.6) is 11.5 Å². The highest BCUT2D eigenvalue weighted by molar-refractivity contribution is 5.78. The van der Waals surface area contributed by atoms with Gasteiger partial charge in [0, 0.05) is 18.4 Å². The van der Waals surface area contributed by atoms with Crippen molar-refractivity contribution in [3.8, 4) is 11.5 Å². The summed E-state index contributed by atoms with van der Waals surface area (Å²) in [6.45, 7) is 0.591. The fraction of sp³-hybridized carbons (Fsp3) is 0.208. The standard InChI is InChI=1S/C24H23NO3/c26-24(25-21-14-15-27-23-13-7-5-11-20(21)23)17-28-22-12-6-4-10-19(22)16-18-8-2-1-3-9-18/h1-13,21H,14-17H2,(H,25,26). The summed E-state index contributed by atoms with van der Waals surface area (Å²) in [5.74, 6) is 1.46. The van der Waals surface area contributed by atoms with Gasteiger partial charge < -0.3 is 14.8 Å². The minimum Gasteiger partial charge on any atom is -0.493 e. The minimum atomic E-state index is -0.129. The highest BCUT2D eigenvalue weighted by Crippen LogP contribution is 2.31. The Morgan fingerprint density at radius 3 is 2.61 bits per heavy atom. The molecule has 1 aliphatic heterocycles. The highest BCUT2D eigenvalue weighted by Gasteiger charge is 2.22. The summed E-state index contributed by atoms with van der Waals surface area (Å²) in [6, 6.07) is 25.9. The van der Waals surface area contributed by atoms with E-state index in [1.165, 1.54) is 5.56 Å². The number of benzene rings is 3. The van der Waals surface area contributed by atoms with E-state index < -0.39 is 0 Å². The van der Waals surface area contributed by atoms with Gasteiger partial charge in [-0.1, -0.05) is 66.7 Å². The Balaban J connectivity index is 1.38. The molecule has 0 bridgehead atoms. The third-order valence-corrected chi connectivity index (χ3v) is 4.86. The van der Waals surface area contributed by atoms with E-state index >= 15 is 0 Å². The zero-order valence-electron chi connectivity index (χ0n) is 15.6. The first-order valence-electron chi connectivity index (χ1n) is 9.55. The van der Waals surface area contributed by atoms with Crippen LogP contribution in [0.2, 0.25) is 0 Å². The number of para-hydroxylation sites is 2. The highest BCUT2D eigenvalue weighted by atomic mass is 16.5. The van der Waals surface area contributed by atoms with Crippen LogP contribution in [-0.4, -0.2) is 19.1 Å². The van der Waals surface area contributed by atoms with Gasteiger partial charge in [0.05, 0.1) is 12.6 Å². The maximum Gasteiger partial charge on any atom is 0.258 e. The third kappa shape index (κ3) is 4.34. The smallest absolute Gasteiger partial charge is 0.258 e. The van der Waals surface area contributed by atoms with E-state index in [9.17, 15) is 4.79 Å². The molecule has 4 nitrogen and oxygen atoms in total. The number of nitrogens with one attached hydrogen (secondary N) is 1. The Kier molecular flexibility index (Phi) is 5.57. The molecule has 142 valence electrons. The van der Waals surface area contributed by atoms with Gasteiger partial charge >= 0.3 is 0 Å².